The van der Waals surface area contributed by atoms with E-state index >= 15 is 0 Å². The maximum Gasteiger partial charge on any atom is 0.331 e. The van der Waals surface area contributed by atoms with Gasteiger partial charge in [-0.1, -0.05) is 13.8 Å². The lowest BCUT2D eigenvalue weighted by Crippen LogP contribution is -2.66. The van der Waals surface area contributed by atoms with Gasteiger partial charge in [-0.3, -0.25) is 19.8 Å². The molecule has 0 aromatic heterocycles. The van der Waals surface area contributed by atoms with Crippen molar-refractivity contribution in [2.75, 3.05) is 11.5 Å². The largest absolute Gasteiger partial charge is 0.331 e. The molecule has 0 aromatic rings. The second-order valence-electron chi connectivity index (χ2n) is 6.03. The fraction of sp³-hybridized carbons (Fsp3) is 0.750. The molecule has 0 saturated carbocycles. The van der Waals surface area contributed by atoms with Crippen LogP contribution in [0.25, 0.3) is 0 Å². The summed E-state index contributed by atoms with van der Waals surface area (Å²) in [6.45, 7) is 5.00. The van der Waals surface area contributed by atoms with Crippen LogP contribution < -0.4 is 5.32 Å². The van der Waals surface area contributed by atoms with Gasteiger partial charge in [0.15, 0.2) is 9.84 Å². The molecule has 1 N–H and O–H groups in total. The summed E-state index contributed by atoms with van der Waals surface area (Å²) in [5.74, 6) is -2.74. The monoisotopic (exact) mass is 302 g/mol. The molecule has 0 aromatic carbocycles. The highest BCUT2D eigenvalue weighted by atomic mass is 32.2. The molecular weight excluding hydrogens is 284 g/mol. The lowest BCUT2D eigenvalue weighted by atomic mass is 9.88. The summed E-state index contributed by atoms with van der Waals surface area (Å²) in [5, 5.41) is 2.15. The van der Waals surface area contributed by atoms with Crippen molar-refractivity contribution in [3.63, 3.8) is 0 Å². The van der Waals surface area contributed by atoms with E-state index in [0.29, 0.717) is 0 Å². The topological polar surface area (TPSA) is 101 Å². The predicted octanol–water partition coefficient (Wildman–Crippen LogP) is -0.0858. The minimum atomic E-state index is -3.26. The van der Waals surface area contributed by atoms with Crippen LogP contribution in [0.3, 0.4) is 0 Å². The molecule has 2 heterocycles. The van der Waals surface area contributed by atoms with E-state index in [0.717, 1.165) is 4.90 Å². The van der Waals surface area contributed by atoms with Crippen molar-refractivity contribution < 1.29 is 22.8 Å². The average molecular weight is 302 g/mol. The van der Waals surface area contributed by atoms with Crippen LogP contribution in [-0.2, 0) is 19.4 Å². The fourth-order valence-corrected chi connectivity index (χ4v) is 4.98. The van der Waals surface area contributed by atoms with Gasteiger partial charge in [0.1, 0.15) is 5.92 Å². The van der Waals surface area contributed by atoms with Gasteiger partial charge in [-0.15, -0.1) is 0 Å². The smallest absolute Gasteiger partial charge is 0.277 e. The lowest BCUT2D eigenvalue weighted by Gasteiger charge is -2.41. The first-order valence-electron chi connectivity index (χ1n) is 6.47. The zero-order valence-corrected chi connectivity index (χ0v) is 12.5. The lowest BCUT2D eigenvalue weighted by molar-refractivity contribution is -0.147. The zero-order chi connectivity index (χ0) is 15.3. The van der Waals surface area contributed by atoms with Crippen LogP contribution in [0.5, 0.6) is 0 Å². The number of nitrogens with zero attached hydrogens (tertiary/aromatic N) is 1. The van der Waals surface area contributed by atoms with Gasteiger partial charge in [0.2, 0.25) is 11.8 Å². The van der Waals surface area contributed by atoms with Gasteiger partial charge in [0, 0.05) is 0 Å². The van der Waals surface area contributed by atoms with Gasteiger partial charge in [-0.05, 0) is 19.3 Å². The number of amides is 4. The summed E-state index contributed by atoms with van der Waals surface area (Å²) >= 11 is 0. The van der Waals surface area contributed by atoms with E-state index in [-0.39, 0.29) is 23.8 Å². The van der Waals surface area contributed by atoms with Gasteiger partial charge in [-0.25, -0.2) is 13.2 Å². The minimum absolute atomic E-state index is 0.0547. The molecule has 0 bridgehead atoms. The molecule has 20 heavy (non-hydrogen) atoms. The summed E-state index contributed by atoms with van der Waals surface area (Å²) in [6.07, 6.45) is 0.202. The summed E-state index contributed by atoms with van der Waals surface area (Å²) in [4.78, 5) is 37.1. The van der Waals surface area contributed by atoms with Crippen molar-refractivity contribution in [1.82, 2.24) is 10.2 Å². The Morgan fingerprint density at radius 1 is 1.30 bits per heavy atom. The van der Waals surface area contributed by atoms with Crippen LogP contribution >= 0.6 is 0 Å². The number of barbiturate groups is 1. The zero-order valence-electron chi connectivity index (χ0n) is 11.7. The Kier molecular flexibility index (Phi) is 3.40. The number of nitrogens with one attached hydrogen (secondary N) is 1. The van der Waals surface area contributed by atoms with Gasteiger partial charge in [0.05, 0.1) is 17.0 Å². The first-order valence-corrected chi connectivity index (χ1v) is 8.29. The number of carbonyl (C=O) groups is 3. The standard InChI is InChI=1S/C12H18N2O5S/c1-7(2)8-9(15)13-11(17)14(10(8)16)12(3)4-5-20(18,19)6-12/h7-8H,4-6H2,1-3H3,(H,13,15,17). The normalized spacial score (nSPS) is 33.7. The number of imide groups is 2. The highest BCUT2D eigenvalue weighted by Crippen LogP contribution is 2.33. The van der Waals surface area contributed by atoms with Crippen molar-refractivity contribution in [2.24, 2.45) is 11.8 Å². The first-order chi connectivity index (χ1) is 9.07. The second-order valence-corrected chi connectivity index (χ2v) is 8.21. The Labute approximate surface area is 117 Å². The van der Waals surface area contributed by atoms with Crippen molar-refractivity contribution in [3.8, 4) is 0 Å². The van der Waals surface area contributed by atoms with Crippen LogP contribution in [0, 0.1) is 11.8 Å². The number of hydrogen-bond acceptors (Lipinski definition) is 5. The third-order valence-electron chi connectivity index (χ3n) is 3.89. The second kappa shape index (κ2) is 4.54. The minimum Gasteiger partial charge on any atom is -0.277 e. The van der Waals surface area contributed by atoms with Crippen LogP contribution in [0.15, 0.2) is 0 Å². The van der Waals surface area contributed by atoms with E-state index < -0.39 is 39.1 Å². The Morgan fingerprint density at radius 2 is 1.90 bits per heavy atom. The van der Waals surface area contributed by atoms with E-state index in [1.54, 1.807) is 20.8 Å². The van der Waals surface area contributed by atoms with Gasteiger partial charge < -0.3 is 0 Å². The Hall–Kier alpha value is -1.44. The first kappa shape index (κ1) is 15.0. The van der Waals surface area contributed by atoms with Crippen molar-refractivity contribution in [3.05, 3.63) is 0 Å². The molecule has 112 valence electrons. The van der Waals surface area contributed by atoms with E-state index in [2.05, 4.69) is 5.32 Å². The Bertz CT molecular complexity index is 583. The molecule has 2 atom stereocenters. The van der Waals surface area contributed by atoms with Gasteiger partial charge in [0.25, 0.3) is 0 Å². The molecule has 7 nitrogen and oxygen atoms in total. The van der Waals surface area contributed by atoms with E-state index in [4.69, 9.17) is 0 Å². The maximum atomic E-state index is 12.4. The van der Waals surface area contributed by atoms with E-state index in [9.17, 15) is 22.8 Å². The highest BCUT2D eigenvalue weighted by Gasteiger charge is 2.53. The summed E-state index contributed by atoms with van der Waals surface area (Å²) in [7, 11) is -3.26. The van der Waals surface area contributed by atoms with Gasteiger partial charge in [-0.2, -0.15) is 0 Å². The molecule has 0 spiro atoms. The molecule has 2 aliphatic heterocycles. The van der Waals surface area contributed by atoms with Crippen LogP contribution in [-0.4, -0.2) is 48.2 Å². The predicted molar refractivity (Wildman–Crippen MR) is 70.4 cm³/mol. The molecular formula is C12H18N2O5S. The highest BCUT2D eigenvalue weighted by molar-refractivity contribution is 7.91. The third-order valence-corrected chi connectivity index (χ3v) is 5.78. The molecule has 2 rings (SSSR count). The number of sulfone groups is 1. The fourth-order valence-electron chi connectivity index (χ4n) is 2.86. The van der Waals surface area contributed by atoms with E-state index in [1.165, 1.54) is 0 Å². The molecule has 2 aliphatic rings. The molecule has 0 aliphatic carbocycles. The average Bonchev–Trinajstić information content (AvgIpc) is 2.51. The van der Waals surface area contributed by atoms with Crippen molar-refractivity contribution in [2.45, 2.75) is 32.7 Å². The van der Waals surface area contributed by atoms with Crippen LogP contribution in [0.1, 0.15) is 27.2 Å². The van der Waals surface area contributed by atoms with Crippen LogP contribution in [0.4, 0.5) is 4.79 Å². The molecule has 2 saturated heterocycles. The van der Waals surface area contributed by atoms with Crippen molar-refractivity contribution >= 4 is 27.7 Å². The number of hydrogen-bond donors (Lipinski definition) is 1. The maximum absolute atomic E-state index is 12.4. The number of rotatable bonds is 2. The molecule has 8 heteroatoms. The quantitative estimate of drug-likeness (QED) is 0.719. The number of urea groups is 1. The number of carbonyl (C=O) groups excluding carboxylic acids is 3. The van der Waals surface area contributed by atoms with Crippen LogP contribution in [0.2, 0.25) is 0 Å². The molecule has 4 amide bonds. The van der Waals surface area contributed by atoms with E-state index in [1.807, 2.05) is 0 Å². The molecule has 2 fully saturated rings. The molecule has 0 radical (unpaired) electrons. The Morgan fingerprint density at radius 3 is 2.35 bits per heavy atom. The SMILES string of the molecule is CC(C)C1C(=O)NC(=O)N(C2(C)CCS(=O)(=O)C2)C1=O. The third kappa shape index (κ3) is 2.32. The summed E-state index contributed by atoms with van der Waals surface area (Å²) in [5.41, 5.74) is -1.08. The summed E-state index contributed by atoms with van der Waals surface area (Å²) < 4.78 is 23.3. The summed E-state index contributed by atoms with van der Waals surface area (Å²) in [6, 6.07) is -0.823. The molecule has 2 unspecified atom stereocenters. The Balaban J connectivity index is 2.38. The van der Waals surface area contributed by atoms with Gasteiger partial charge >= 0.3 is 6.03 Å². The van der Waals surface area contributed by atoms with Crippen molar-refractivity contribution in [1.29, 1.82) is 0 Å².